The van der Waals surface area contributed by atoms with E-state index in [1.165, 1.54) is 11.8 Å². The molecule has 13 heteroatoms. The number of ether oxygens (including phenoxy) is 1. The van der Waals surface area contributed by atoms with Crippen LogP contribution in [0.5, 0.6) is 0 Å². The molecule has 3 amide bonds. The first-order valence-electron chi connectivity index (χ1n) is 12.6. The van der Waals surface area contributed by atoms with Crippen molar-refractivity contribution < 1.29 is 37.4 Å². The number of piperidine rings is 1. The van der Waals surface area contributed by atoms with Crippen LogP contribution in [0.3, 0.4) is 0 Å². The molecule has 0 aliphatic carbocycles. The smallest absolute Gasteiger partial charge is 0.419 e. The van der Waals surface area contributed by atoms with E-state index >= 15 is 0 Å². The number of nitrogens with one attached hydrogen (secondary N) is 3. The Hall–Kier alpha value is -3.32. The van der Waals surface area contributed by atoms with Crippen molar-refractivity contribution in [2.75, 3.05) is 25.0 Å². The molecule has 1 aromatic heterocycles. The summed E-state index contributed by atoms with van der Waals surface area (Å²) < 4.78 is 48.8. The molecule has 2 aliphatic rings. The van der Waals surface area contributed by atoms with Gasteiger partial charge in [0, 0.05) is 41.1 Å². The minimum atomic E-state index is -4.92. The number of benzene rings is 1. The lowest BCUT2D eigenvalue weighted by atomic mass is 9.91. The van der Waals surface area contributed by atoms with E-state index in [9.17, 15) is 32.7 Å². The van der Waals surface area contributed by atoms with E-state index in [1.807, 2.05) is 0 Å². The van der Waals surface area contributed by atoms with Crippen molar-refractivity contribution in [2.24, 2.45) is 0 Å². The molecule has 40 heavy (non-hydrogen) atoms. The minimum Gasteiger partial charge on any atom is -0.444 e. The van der Waals surface area contributed by atoms with Crippen molar-refractivity contribution in [3.05, 3.63) is 50.8 Å². The zero-order valence-electron chi connectivity index (χ0n) is 22.4. The van der Waals surface area contributed by atoms with Crippen LogP contribution >= 0.6 is 15.9 Å². The molecular formula is C27H30BrF3N4O5. The van der Waals surface area contributed by atoms with Crippen molar-refractivity contribution in [1.29, 1.82) is 0 Å². The lowest BCUT2D eigenvalue weighted by Crippen LogP contribution is -2.52. The Morgan fingerprint density at radius 2 is 1.88 bits per heavy atom. The van der Waals surface area contributed by atoms with Gasteiger partial charge in [0.25, 0.3) is 11.8 Å². The van der Waals surface area contributed by atoms with Crippen LogP contribution in [-0.4, -0.2) is 63.7 Å². The zero-order chi connectivity index (χ0) is 29.6. The topological polar surface area (TPSA) is 124 Å². The molecule has 0 radical (unpaired) electrons. The fourth-order valence-corrected chi connectivity index (χ4v) is 5.09. The van der Waals surface area contributed by atoms with Gasteiger partial charge in [0.2, 0.25) is 0 Å². The highest BCUT2D eigenvalue weighted by molar-refractivity contribution is 9.10. The van der Waals surface area contributed by atoms with Gasteiger partial charge in [0.05, 0.1) is 28.0 Å². The molecule has 0 saturated carbocycles. The van der Waals surface area contributed by atoms with Gasteiger partial charge in [-0.25, -0.2) is 4.79 Å². The molecule has 0 atom stereocenters. The number of hydrogen-bond donors (Lipinski definition) is 4. The van der Waals surface area contributed by atoms with E-state index in [0.717, 1.165) is 6.08 Å². The Bertz CT molecular complexity index is 1390. The van der Waals surface area contributed by atoms with Gasteiger partial charge in [-0.05, 0) is 64.8 Å². The summed E-state index contributed by atoms with van der Waals surface area (Å²) in [4.78, 5) is 42.0. The van der Waals surface area contributed by atoms with Crippen molar-refractivity contribution in [3.63, 3.8) is 0 Å². The number of anilines is 1. The molecule has 1 saturated heterocycles. The molecule has 1 aromatic carbocycles. The van der Waals surface area contributed by atoms with Gasteiger partial charge in [-0.15, -0.1) is 0 Å². The average molecular weight is 627 g/mol. The molecular weight excluding hydrogens is 597 g/mol. The lowest BCUT2D eigenvalue weighted by Gasteiger charge is -2.38. The number of aliphatic hydroxyl groups is 1. The van der Waals surface area contributed by atoms with Gasteiger partial charge < -0.3 is 30.4 Å². The monoisotopic (exact) mass is 626 g/mol. The number of carbonyl (C=O) groups is 3. The lowest BCUT2D eigenvalue weighted by molar-refractivity contribution is -0.138. The Labute approximate surface area is 237 Å². The SMILES string of the molecule is Cc1[nH]c(C=C2C(=O)Nc3ccc(Br)cc32)c(C(F)(F)F)c1C(=O)NCC1(O)CCN(C(=O)OC(C)(C)C)CC1. The van der Waals surface area contributed by atoms with Crippen LogP contribution in [0.25, 0.3) is 11.6 Å². The highest BCUT2D eigenvalue weighted by Gasteiger charge is 2.42. The van der Waals surface area contributed by atoms with Crippen LogP contribution in [0.15, 0.2) is 22.7 Å². The number of carbonyl (C=O) groups excluding carboxylic acids is 3. The highest BCUT2D eigenvalue weighted by atomic mass is 79.9. The molecule has 3 heterocycles. The second-order valence-electron chi connectivity index (χ2n) is 11.0. The van der Waals surface area contributed by atoms with Crippen LogP contribution in [0, 0.1) is 6.92 Å². The predicted octanol–water partition coefficient (Wildman–Crippen LogP) is 5.09. The summed E-state index contributed by atoms with van der Waals surface area (Å²) in [6.45, 7) is 6.56. The Balaban J connectivity index is 1.54. The van der Waals surface area contributed by atoms with Gasteiger partial charge in [-0.3, -0.25) is 9.59 Å². The zero-order valence-corrected chi connectivity index (χ0v) is 24.0. The standard InChI is InChI=1S/C27H30BrF3N4O5/c1-14-20(23(37)32-13-26(39)7-9-35(10-8-26)24(38)40-25(2,3)4)21(27(29,30)31)19(33-14)12-17-16-11-15(28)5-6-18(16)34-22(17)36/h5-6,11-12,33,39H,7-10,13H2,1-4H3,(H,32,37)(H,34,36). The first-order chi connectivity index (χ1) is 18.5. The van der Waals surface area contributed by atoms with Crippen molar-refractivity contribution in [3.8, 4) is 0 Å². The predicted molar refractivity (Wildman–Crippen MR) is 145 cm³/mol. The average Bonchev–Trinajstić information content (AvgIpc) is 3.33. The number of aromatic nitrogens is 1. The second kappa shape index (κ2) is 10.6. The van der Waals surface area contributed by atoms with E-state index in [1.54, 1.807) is 39.0 Å². The van der Waals surface area contributed by atoms with Crippen molar-refractivity contribution >= 4 is 51.2 Å². The molecule has 2 aromatic rings. The second-order valence-corrected chi connectivity index (χ2v) is 11.9. The van der Waals surface area contributed by atoms with E-state index in [2.05, 4.69) is 31.5 Å². The van der Waals surface area contributed by atoms with Crippen LogP contribution in [0.4, 0.5) is 23.7 Å². The quantitative estimate of drug-likeness (QED) is 0.352. The first kappa shape index (κ1) is 29.7. The third-order valence-corrected chi connectivity index (χ3v) is 7.20. The maximum absolute atomic E-state index is 14.3. The maximum Gasteiger partial charge on any atom is 0.419 e. The summed E-state index contributed by atoms with van der Waals surface area (Å²) in [6, 6.07) is 4.94. The Morgan fingerprint density at radius 1 is 1.23 bits per heavy atom. The van der Waals surface area contributed by atoms with E-state index < -0.39 is 52.1 Å². The number of H-pyrrole nitrogens is 1. The molecule has 216 valence electrons. The summed E-state index contributed by atoms with van der Waals surface area (Å²) in [7, 11) is 0. The molecule has 0 bridgehead atoms. The summed E-state index contributed by atoms with van der Waals surface area (Å²) in [5.74, 6) is -1.59. The first-order valence-corrected chi connectivity index (χ1v) is 13.4. The largest absolute Gasteiger partial charge is 0.444 e. The van der Waals surface area contributed by atoms with Crippen LogP contribution in [-0.2, 0) is 15.7 Å². The number of fused-ring (bicyclic) bond motifs is 1. The van der Waals surface area contributed by atoms with Crippen LogP contribution < -0.4 is 10.6 Å². The van der Waals surface area contributed by atoms with Gasteiger partial charge in [0.1, 0.15) is 5.60 Å². The maximum atomic E-state index is 14.3. The molecule has 1 fully saturated rings. The fraction of sp³-hybridized carbons (Fsp3) is 0.444. The Kier molecular flexibility index (Phi) is 7.85. The van der Waals surface area contributed by atoms with Crippen molar-refractivity contribution in [2.45, 2.75) is 57.9 Å². The minimum absolute atomic E-state index is 0.0149. The summed E-state index contributed by atoms with van der Waals surface area (Å²) >= 11 is 3.30. The molecule has 4 N–H and O–H groups in total. The normalized spacial score (nSPS) is 18.0. The number of alkyl halides is 3. The number of hydrogen-bond acceptors (Lipinski definition) is 5. The van der Waals surface area contributed by atoms with Gasteiger partial charge >= 0.3 is 12.3 Å². The highest BCUT2D eigenvalue weighted by Crippen LogP contribution is 2.40. The molecule has 9 nitrogen and oxygen atoms in total. The number of halogens is 4. The number of likely N-dealkylation sites (tertiary alicyclic amines) is 1. The van der Waals surface area contributed by atoms with Gasteiger partial charge in [-0.1, -0.05) is 15.9 Å². The number of rotatable bonds is 4. The van der Waals surface area contributed by atoms with E-state index in [4.69, 9.17) is 4.74 Å². The summed E-state index contributed by atoms with van der Waals surface area (Å²) in [5.41, 5.74) is -3.51. The molecule has 2 aliphatic heterocycles. The number of nitrogens with zero attached hydrogens (tertiary/aromatic N) is 1. The summed E-state index contributed by atoms with van der Waals surface area (Å²) in [5, 5.41) is 16.0. The van der Waals surface area contributed by atoms with Gasteiger partial charge in [-0.2, -0.15) is 13.2 Å². The third-order valence-electron chi connectivity index (χ3n) is 6.70. The van der Waals surface area contributed by atoms with E-state index in [-0.39, 0.29) is 43.7 Å². The number of amides is 3. The molecule has 4 rings (SSSR count). The van der Waals surface area contributed by atoms with Crippen molar-refractivity contribution in [1.82, 2.24) is 15.2 Å². The van der Waals surface area contributed by atoms with Gasteiger partial charge in [0.15, 0.2) is 0 Å². The fourth-order valence-electron chi connectivity index (χ4n) is 4.73. The number of aromatic amines is 1. The molecule has 0 spiro atoms. The third kappa shape index (κ3) is 6.35. The Morgan fingerprint density at radius 3 is 2.48 bits per heavy atom. The molecule has 0 unspecified atom stereocenters. The van der Waals surface area contributed by atoms with Crippen LogP contribution in [0.1, 0.15) is 66.5 Å². The number of aryl methyl sites for hydroxylation is 1. The summed E-state index contributed by atoms with van der Waals surface area (Å²) in [6.07, 6.45) is -4.16. The van der Waals surface area contributed by atoms with E-state index in [0.29, 0.717) is 15.7 Å². The van der Waals surface area contributed by atoms with Crippen LogP contribution in [0.2, 0.25) is 0 Å².